The molecule has 0 unspecified atom stereocenters. The van der Waals surface area contributed by atoms with Crippen molar-refractivity contribution in [2.24, 2.45) is 0 Å². The highest BCUT2D eigenvalue weighted by Crippen LogP contribution is 2.22. The summed E-state index contributed by atoms with van der Waals surface area (Å²) < 4.78 is 10.2. The number of methoxy groups -OCH3 is 2. The first-order valence-electron chi connectivity index (χ1n) is 4.67. The lowest BCUT2D eigenvalue weighted by Gasteiger charge is -2.11. The molecule has 0 fully saturated rings. The van der Waals surface area contributed by atoms with Crippen molar-refractivity contribution >= 4 is 22.9 Å². The Balaban J connectivity index is 2.11. The van der Waals surface area contributed by atoms with Crippen molar-refractivity contribution in [2.45, 2.75) is 11.3 Å². The highest BCUT2D eigenvalue weighted by Gasteiger charge is 2.10. The minimum absolute atomic E-state index is 0.238. The summed E-state index contributed by atoms with van der Waals surface area (Å²) in [4.78, 5) is 15.3. The average Bonchev–Trinajstić information content (AvgIpc) is 2.79. The molecule has 0 atom stereocenters. The van der Waals surface area contributed by atoms with Crippen molar-refractivity contribution in [2.75, 3.05) is 20.0 Å². The number of hydrogen-bond acceptors (Lipinski definition) is 6. The second-order valence-electron chi connectivity index (χ2n) is 2.99. The number of H-pyrrole nitrogens is 1. The van der Waals surface area contributed by atoms with E-state index in [0.29, 0.717) is 11.4 Å². The zero-order valence-electron chi connectivity index (χ0n) is 9.01. The molecule has 2 aromatic heterocycles. The van der Waals surface area contributed by atoms with Crippen LogP contribution in [0.5, 0.6) is 0 Å². The first kappa shape index (κ1) is 11.3. The monoisotopic (exact) mass is 240 g/mol. The summed E-state index contributed by atoms with van der Waals surface area (Å²) in [6.07, 6.45) is 2.87. The van der Waals surface area contributed by atoms with Crippen LogP contribution in [0.2, 0.25) is 0 Å². The van der Waals surface area contributed by atoms with E-state index in [0.717, 1.165) is 10.5 Å². The van der Waals surface area contributed by atoms with Gasteiger partial charge in [0.15, 0.2) is 11.9 Å². The highest BCUT2D eigenvalue weighted by atomic mass is 32.2. The van der Waals surface area contributed by atoms with E-state index in [2.05, 4.69) is 19.9 Å². The zero-order valence-corrected chi connectivity index (χ0v) is 9.82. The van der Waals surface area contributed by atoms with E-state index in [9.17, 15) is 0 Å². The fourth-order valence-electron chi connectivity index (χ4n) is 1.23. The molecule has 0 aliphatic carbocycles. The predicted octanol–water partition coefficient (Wildman–Crippen LogP) is 1.06. The largest absolute Gasteiger partial charge is 0.355 e. The van der Waals surface area contributed by atoms with Gasteiger partial charge in [0, 0.05) is 14.2 Å². The molecule has 0 amide bonds. The quantitative estimate of drug-likeness (QED) is 0.478. The summed E-state index contributed by atoms with van der Waals surface area (Å²) in [7, 11) is 3.22. The van der Waals surface area contributed by atoms with Crippen molar-refractivity contribution in [3.63, 3.8) is 0 Å². The second kappa shape index (κ2) is 5.24. The Morgan fingerprint density at radius 1 is 1.31 bits per heavy atom. The van der Waals surface area contributed by atoms with Gasteiger partial charge in [-0.2, -0.15) is 0 Å². The van der Waals surface area contributed by atoms with Crippen LogP contribution in [0.15, 0.2) is 17.7 Å². The van der Waals surface area contributed by atoms with Crippen LogP contribution in [0.3, 0.4) is 0 Å². The Morgan fingerprint density at radius 2 is 2.12 bits per heavy atom. The van der Waals surface area contributed by atoms with Crippen LogP contribution in [0, 0.1) is 0 Å². The summed E-state index contributed by atoms with van der Waals surface area (Å²) >= 11 is 1.54. The van der Waals surface area contributed by atoms with Gasteiger partial charge >= 0.3 is 0 Å². The molecule has 7 heteroatoms. The number of fused-ring (bicyclic) bond motifs is 1. The summed E-state index contributed by atoms with van der Waals surface area (Å²) in [6.45, 7) is 0. The fourth-order valence-corrected chi connectivity index (χ4v) is 2.21. The lowest BCUT2D eigenvalue weighted by Crippen LogP contribution is -2.15. The normalized spacial score (nSPS) is 11.4. The maximum absolute atomic E-state index is 5.10. The van der Waals surface area contributed by atoms with Gasteiger partial charge in [-0.25, -0.2) is 15.0 Å². The highest BCUT2D eigenvalue weighted by molar-refractivity contribution is 7.99. The Kier molecular flexibility index (Phi) is 3.70. The Morgan fingerprint density at radius 3 is 2.88 bits per heavy atom. The Hall–Kier alpha value is -1.18. The van der Waals surface area contributed by atoms with Crippen LogP contribution < -0.4 is 0 Å². The van der Waals surface area contributed by atoms with Crippen LogP contribution in [0.25, 0.3) is 11.2 Å². The molecule has 1 N–H and O–H groups in total. The van der Waals surface area contributed by atoms with Gasteiger partial charge in [-0.05, 0) is 0 Å². The number of imidazole rings is 1. The molecule has 0 spiro atoms. The second-order valence-corrected chi connectivity index (χ2v) is 4.00. The molecule has 86 valence electrons. The van der Waals surface area contributed by atoms with Gasteiger partial charge in [-0.3, -0.25) is 0 Å². The minimum Gasteiger partial charge on any atom is -0.355 e. The summed E-state index contributed by atoms with van der Waals surface area (Å²) in [5, 5.41) is 0.849. The molecule has 2 aromatic rings. The molecule has 0 saturated carbocycles. The van der Waals surface area contributed by atoms with Gasteiger partial charge < -0.3 is 14.5 Å². The van der Waals surface area contributed by atoms with E-state index >= 15 is 0 Å². The topological polar surface area (TPSA) is 72.9 Å². The van der Waals surface area contributed by atoms with Crippen LogP contribution in [-0.2, 0) is 9.47 Å². The first-order chi connectivity index (χ1) is 7.85. The summed E-state index contributed by atoms with van der Waals surface area (Å²) in [5.41, 5.74) is 1.52. The molecule has 2 heterocycles. The number of nitrogens with one attached hydrogen (secondary N) is 1. The molecule has 0 bridgehead atoms. The van der Waals surface area contributed by atoms with E-state index in [4.69, 9.17) is 9.47 Å². The third kappa shape index (κ3) is 2.31. The van der Waals surface area contributed by atoms with Crippen LogP contribution >= 0.6 is 11.8 Å². The number of nitrogens with zero attached hydrogens (tertiary/aromatic N) is 3. The number of ether oxygens (including phenoxy) is 2. The maximum atomic E-state index is 5.10. The van der Waals surface area contributed by atoms with Crippen molar-refractivity contribution < 1.29 is 9.47 Å². The average molecular weight is 240 g/mol. The van der Waals surface area contributed by atoms with E-state index in [1.807, 2.05) is 0 Å². The first-order valence-corrected chi connectivity index (χ1v) is 5.66. The van der Waals surface area contributed by atoms with E-state index in [1.165, 1.54) is 18.1 Å². The lowest BCUT2D eigenvalue weighted by molar-refractivity contribution is -0.0842. The molecule has 0 radical (unpaired) electrons. The number of aromatic nitrogens is 4. The van der Waals surface area contributed by atoms with E-state index in [1.54, 1.807) is 20.5 Å². The van der Waals surface area contributed by atoms with Crippen molar-refractivity contribution in [1.29, 1.82) is 0 Å². The van der Waals surface area contributed by atoms with Gasteiger partial charge in [0.2, 0.25) is 0 Å². The molecule has 0 aliphatic heterocycles. The number of hydrogen-bond donors (Lipinski definition) is 1. The van der Waals surface area contributed by atoms with Gasteiger partial charge in [-0.1, -0.05) is 11.8 Å². The Bertz CT molecular complexity index is 457. The minimum atomic E-state index is -0.238. The molecule has 0 aromatic carbocycles. The van der Waals surface area contributed by atoms with Crippen molar-refractivity contribution in [3.05, 3.63) is 12.7 Å². The SMILES string of the molecule is COC(CSc1ncnc2nc[nH]c12)OC. The van der Waals surface area contributed by atoms with Crippen LogP contribution in [0.4, 0.5) is 0 Å². The lowest BCUT2D eigenvalue weighted by atomic mass is 10.6. The molecular weight excluding hydrogens is 228 g/mol. The van der Waals surface area contributed by atoms with Crippen molar-refractivity contribution in [3.8, 4) is 0 Å². The van der Waals surface area contributed by atoms with Gasteiger partial charge in [-0.15, -0.1) is 0 Å². The van der Waals surface area contributed by atoms with E-state index in [-0.39, 0.29) is 6.29 Å². The number of aromatic amines is 1. The van der Waals surface area contributed by atoms with Crippen LogP contribution in [0.1, 0.15) is 0 Å². The summed E-state index contributed by atoms with van der Waals surface area (Å²) in [5.74, 6) is 0.665. The third-order valence-electron chi connectivity index (χ3n) is 2.07. The van der Waals surface area contributed by atoms with Crippen molar-refractivity contribution in [1.82, 2.24) is 19.9 Å². The van der Waals surface area contributed by atoms with E-state index < -0.39 is 0 Å². The molecule has 0 aliphatic rings. The fraction of sp³-hybridized carbons (Fsp3) is 0.444. The smallest absolute Gasteiger partial charge is 0.181 e. The standard InChI is InChI=1S/C9H12N4O2S/c1-14-6(15-2)3-16-9-7-8(11-4-10-7)12-5-13-9/h4-6H,3H2,1-2H3,(H,10,11,12,13). The third-order valence-corrected chi connectivity index (χ3v) is 3.09. The maximum Gasteiger partial charge on any atom is 0.181 e. The molecule has 16 heavy (non-hydrogen) atoms. The zero-order chi connectivity index (χ0) is 11.4. The summed E-state index contributed by atoms with van der Waals surface area (Å²) in [6, 6.07) is 0. The predicted molar refractivity (Wildman–Crippen MR) is 60.2 cm³/mol. The molecule has 0 saturated heterocycles. The van der Waals surface area contributed by atoms with Gasteiger partial charge in [0.1, 0.15) is 16.9 Å². The van der Waals surface area contributed by atoms with Gasteiger partial charge in [0.25, 0.3) is 0 Å². The number of rotatable bonds is 5. The van der Waals surface area contributed by atoms with Crippen LogP contribution in [-0.4, -0.2) is 46.2 Å². The molecule has 6 nitrogen and oxygen atoms in total. The number of thioether (sulfide) groups is 1. The van der Waals surface area contributed by atoms with Gasteiger partial charge in [0.05, 0.1) is 12.1 Å². The molecular formula is C9H12N4O2S. The Labute approximate surface area is 96.8 Å². The molecule has 2 rings (SSSR count).